The zero-order chi connectivity index (χ0) is 18.5. The van der Waals surface area contributed by atoms with Crippen molar-refractivity contribution < 1.29 is 19.1 Å². The Bertz CT molecular complexity index is 681. The van der Waals surface area contributed by atoms with Gasteiger partial charge in [-0.2, -0.15) is 0 Å². The number of thioether (sulfide) groups is 1. The van der Waals surface area contributed by atoms with Crippen molar-refractivity contribution in [3.63, 3.8) is 0 Å². The van der Waals surface area contributed by atoms with E-state index in [1.807, 2.05) is 19.1 Å². The topological polar surface area (TPSA) is 87.7 Å². The predicted octanol–water partition coefficient (Wildman–Crippen LogP) is 3.21. The maximum atomic E-state index is 12.5. The van der Waals surface area contributed by atoms with E-state index in [1.165, 1.54) is 4.90 Å². The molecular weight excluding hydrogens is 354 g/mol. The number of hydrogen-bond donors (Lipinski definition) is 2. The van der Waals surface area contributed by atoms with E-state index < -0.39 is 0 Å². The Kier molecular flexibility index (Phi) is 6.03. The molecule has 8 heteroatoms. The number of carbonyl (C=O) groups excluding carboxylic acids is 3. The Morgan fingerprint density at radius 2 is 2.04 bits per heavy atom. The van der Waals surface area contributed by atoms with E-state index in [1.54, 1.807) is 12.1 Å². The second kappa shape index (κ2) is 8.44. The number of amides is 4. The normalized spacial score (nSPS) is 23.0. The van der Waals surface area contributed by atoms with E-state index in [2.05, 4.69) is 10.6 Å². The molecule has 26 heavy (non-hydrogen) atoms. The summed E-state index contributed by atoms with van der Waals surface area (Å²) in [5.41, 5.74) is 0.586. The molecule has 2 fully saturated rings. The van der Waals surface area contributed by atoms with Crippen LogP contribution in [0.1, 0.15) is 32.6 Å². The Hall–Kier alpha value is -2.22. The molecule has 0 bridgehead atoms. The van der Waals surface area contributed by atoms with Gasteiger partial charge in [0.05, 0.1) is 30.1 Å². The van der Waals surface area contributed by atoms with Crippen LogP contribution >= 0.6 is 11.8 Å². The summed E-state index contributed by atoms with van der Waals surface area (Å²) in [7, 11) is 0. The van der Waals surface area contributed by atoms with E-state index in [9.17, 15) is 14.4 Å². The second-order valence-corrected chi connectivity index (χ2v) is 7.23. The van der Waals surface area contributed by atoms with Crippen LogP contribution in [0.15, 0.2) is 24.3 Å². The van der Waals surface area contributed by atoms with Gasteiger partial charge in [-0.15, -0.1) is 0 Å². The molecule has 4 amide bonds. The van der Waals surface area contributed by atoms with Gasteiger partial charge in [-0.05, 0) is 31.9 Å². The second-order valence-electron chi connectivity index (χ2n) is 6.30. The number of benzene rings is 1. The Labute approximate surface area is 156 Å². The summed E-state index contributed by atoms with van der Waals surface area (Å²) in [6.45, 7) is 2.38. The average molecular weight is 377 g/mol. The van der Waals surface area contributed by atoms with Gasteiger partial charge in [-0.25, -0.2) is 4.79 Å². The molecule has 0 spiro atoms. The van der Waals surface area contributed by atoms with Crippen molar-refractivity contribution in [3.05, 3.63) is 24.3 Å². The van der Waals surface area contributed by atoms with Crippen molar-refractivity contribution in [2.75, 3.05) is 17.7 Å². The van der Waals surface area contributed by atoms with Gasteiger partial charge in [-0.3, -0.25) is 14.5 Å². The molecule has 2 aliphatic rings. The first-order valence-corrected chi connectivity index (χ1v) is 9.87. The first-order chi connectivity index (χ1) is 12.6. The molecule has 0 radical (unpaired) electrons. The molecule has 2 N–H and O–H groups in total. The fourth-order valence-corrected chi connectivity index (χ4v) is 4.21. The van der Waals surface area contributed by atoms with E-state index in [4.69, 9.17) is 4.74 Å². The van der Waals surface area contributed by atoms with Crippen LogP contribution in [0, 0.1) is 0 Å². The van der Waals surface area contributed by atoms with Gasteiger partial charge in [0.25, 0.3) is 5.24 Å². The monoisotopic (exact) mass is 377 g/mol. The zero-order valence-corrected chi connectivity index (χ0v) is 15.5. The number of ether oxygens (including phenoxy) is 1. The lowest BCUT2D eigenvalue weighted by Gasteiger charge is -2.36. The van der Waals surface area contributed by atoms with Crippen LogP contribution in [-0.2, 0) is 4.79 Å². The molecule has 1 heterocycles. The molecule has 1 aromatic rings. The minimum atomic E-state index is -0.360. The quantitative estimate of drug-likeness (QED) is 0.823. The lowest BCUT2D eigenvalue weighted by atomic mass is 9.89. The Morgan fingerprint density at radius 3 is 2.77 bits per heavy atom. The Balaban J connectivity index is 1.67. The molecule has 1 aromatic carbocycles. The number of urea groups is 1. The molecular formula is C18H23N3O4S. The van der Waals surface area contributed by atoms with Gasteiger partial charge in [0.15, 0.2) is 0 Å². The summed E-state index contributed by atoms with van der Waals surface area (Å²) in [4.78, 5) is 37.9. The maximum absolute atomic E-state index is 12.5. The first-order valence-electron chi connectivity index (χ1n) is 8.88. The molecule has 7 nitrogen and oxygen atoms in total. The third-order valence-electron chi connectivity index (χ3n) is 4.60. The zero-order valence-electron chi connectivity index (χ0n) is 14.7. The molecule has 1 aliphatic carbocycles. The number of anilines is 1. The molecule has 2 unspecified atom stereocenters. The number of rotatable bonds is 5. The number of imide groups is 1. The molecule has 1 saturated heterocycles. The van der Waals surface area contributed by atoms with Gasteiger partial charge in [0.1, 0.15) is 5.75 Å². The molecule has 2 atom stereocenters. The van der Waals surface area contributed by atoms with Crippen molar-refractivity contribution in [2.45, 2.75) is 44.7 Å². The van der Waals surface area contributed by atoms with Crippen molar-refractivity contribution >= 4 is 34.6 Å². The van der Waals surface area contributed by atoms with Crippen molar-refractivity contribution in [3.8, 4) is 5.75 Å². The summed E-state index contributed by atoms with van der Waals surface area (Å²) in [6, 6.07) is 6.35. The molecule has 3 rings (SSSR count). The minimum absolute atomic E-state index is 0.166. The summed E-state index contributed by atoms with van der Waals surface area (Å²) in [5.74, 6) is 0.628. The Morgan fingerprint density at radius 1 is 1.27 bits per heavy atom. The lowest BCUT2D eigenvalue weighted by Crippen LogP contribution is -2.55. The summed E-state index contributed by atoms with van der Waals surface area (Å²) >= 11 is 1.03. The van der Waals surface area contributed by atoms with E-state index >= 15 is 0 Å². The van der Waals surface area contributed by atoms with Gasteiger partial charge in [0.2, 0.25) is 5.91 Å². The minimum Gasteiger partial charge on any atom is -0.492 e. The van der Waals surface area contributed by atoms with Crippen LogP contribution in [0.4, 0.5) is 15.3 Å². The van der Waals surface area contributed by atoms with Crippen LogP contribution < -0.4 is 15.4 Å². The number of para-hydroxylation sites is 2. The summed E-state index contributed by atoms with van der Waals surface area (Å²) < 4.78 is 5.52. The van der Waals surface area contributed by atoms with Crippen molar-refractivity contribution in [1.82, 2.24) is 10.2 Å². The standard InChI is InChI=1S/C18H23N3O4S/c1-2-25-15-10-6-4-8-13(15)20-17(23)19-12-7-3-5-9-14(12)21-16(22)11-26-18(21)24/h4,6,8,10,12,14H,2-3,5,7,9,11H2,1H3,(H2,19,20,23). The SMILES string of the molecule is CCOc1ccccc1NC(=O)NC1CCCCC1N1C(=O)CSC1=O. The van der Waals surface area contributed by atoms with Crippen LogP contribution in [0.5, 0.6) is 5.75 Å². The maximum Gasteiger partial charge on any atom is 0.319 e. The number of nitrogens with zero attached hydrogens (tertiary/aromatic N) is 1. The largest absolute Gasteiger partial charge is 0.492 e. The lowest BCUT2D eigenvalue weighted by molar-refractivity contribution is -0.127. The smallest absolute Gasteiger partial charge is 0.319 e. The van der Waals surface area contributed by atoms with E-state index in [-0.39, 0.29) is 35.0 Å². The first kappa shape index (κ1) is 18.6. The molecule has 1 saturated carbocycles. The molecule has 0 aromatic heterocycles. The van der Waals surface area contributed by atoms with Crippen molar-refractivity contribution in [1.29, 1.82) is 0 Å². The predicted molar refractivity (Wildman–Crippen MR) is 101 cm³/mol. The summed E-state index contributed by atoms with van der Waals surface area (Å²) in [5, 5.41) is 5.54. The highest BCUT2D eigenvalue weighted by Gasteiger charge is 2.41. The summed E-state index contributed by atoms with van der Waals surface area (Å²) in [6.07, 6.45) is 3.37. The highest BCUT2D eigenvalue weighted by Crippen LogP contribution is 2.30. The van der Waals surface area contributed by atoms with E-state index in [0.29, 0.717) is 18.0 Å². The fourth-order valence-electron chi connectivity index (χ4n) is 3.45. The third kappa shape index (κ3) is 4.12. The van der Waals surface area contributed by atoms with E-state index in [0.717, 1.165) is 37.4 Å². The van der Waals surface area contributed by atoms with Crippen LogP contribution in [0.25, 0.3) is 0 Å². The van der Waals surface area contributed by atoms with Gasteiger partial charge < -0.3 is 15.4 Å². The van der Waals surface area contributed by atoms with Gasteiger partial charge >= 0.3 is 6.03 Å². The molecule has 1 aliphatic heterocycles. The van der Waals surface area contributed by atoms with Crippen molar-refractivity contribution in [2.24, 2.45) is 0 Å². The van der Waals surface area contributed by atoms with Gasteiger partial charge in [-0.1, -0.05) is 36.7 Å². The van der Waals surface area contributed by atoms with Crippen LogP contribution in [-0.4, -0.2) is 46.5 Å². The van der Waals surface area contributed by atoms with Crippen LogP contribution in [0.2, 0.25) is 0 Å². The third-order valence-corrected chi connectivity index (χ3v) is 5.43. The number of carbonyl (C=O) groups is 3. The fraction of sp³-hybridized carbons (Fsp3) is 0.500. The highest BCUT2D eigenvalue weighted by molar-refractivity contribution is 8.14. The number of hydrogen-bond acceptors (Lipinski definition) is 5. The number of nitrogens with one attached hydrogen (secondary N) is 2. The van der Waals surface area contributed by atoms with Crippen LogP contribution in [0.3, 0.4) is 0 Å². The molecule has 140 valence electrons. The highest BCUT2D eigenvalue weighted by atomic mass is 32.2. The van der Waals surface area contributed by atoms with Gasteiger partial charge in [0, 0.05) is 0 Å². The average Bonchev–Trinajstić information content (AvgIpc) is 2.96.